The van der Waals surface area contributed by atoms with Gasteiger partial charge in [0.2, 0.25) is 16.9 Å². The first-order valence-electron chi connectivity index (χ1n) is 5.94. The van der Waals surface area contributed by atoms with E-state index in [1.54, 1.807) is 0 Å². The molecule has 0 unspecified atom stereocenters. The third kappa shape index (κ3) is 2.97. The van der Waals surface area contributed by atoms with Gasteiger partial charge in [-0.05, 0) is 5.56 Å². The highest BCUT2D eigenvalue weighted by Gasteiger charge is 2.09. The number of nitrogen functional groups attached to an aromatic ring is 1. The van der Waals surface area contributed by atoms with Gasteiger partial charge in [0, 0.05) is 0 Å². The summed E-state index contributed by atoms with van der Waals surface area (Å²) in [5.74, 6) is 7.27. The van der Waals surface area contributed by atoms with Crippen molar-refractivity contribution >= 4 is 11.8 Å². The van der Waals surface area contributed by atoms with E-state index in [2.05, 4.69) is 20.4 Å². The van der Waals surface area contributed by atoms with Crippen LogP contribution in [0.2, 0.25) is 0 Å². The molecule has 0 aliphatic heterocycles. The highest BCUT2D eigenvalue weighted by atomic mass is 32.2. The Kier molecular flexibility index (Phi) is 3.64. The van der Waals surface area contributed by atoms with E-state index >= 15 is 0 Å². The van der Waals surface area contributed by atoms with Crippen LogP contribution >= 0.6 is 11.8 Å². The van der Waals surface area contributed by atoms with Gasteiger partial charge < -0.3 is 10.3 Å². The molecule has 20 heavy (non-hydrogen) atoms. The molecule has 2 aromatic heterocycles. The zero-order valence-corrected chi connectivity index (χ0v) is 11.3. The summed E-state index contributed by atoms with van der Waals surface area (Å²) in [7, 11) is 0. The lowest BCUT2D eigenvalue weighted by Crippen LogP contribution is -2.07. The second-order valence-electron chi connectivity index (χ2n) is 4.06. The molecule has 7 nitrogen and oxygen atoms in total. The lowest BCUT2D eigenvalue weighted by molar-refractivity contribution is 0.474. The summed E-state index contributed by atoms with van der Waals surface area (Å²) in [5, 5.41) is 16.2. The van der Waals surface area contributed by atoms with Crippen LogP contribution in [0.5, 0.6) is 0 Å². The van der Waals surface area contributed by atoms with Gasteiger partial charge >= 0.3 is 0 Å². The Hall–Kier alpha value is -2.35. The Labute approximate surface area is 119 Å². The fourth-order valence-corrected chi connectivity index (χ4v) is 2.32. The van der Waals surface area contributed by atoms with Crippen LogP contribution in [-0.2, 0) is 12.2 Å². The van der Waals surface area contributed by atoms with Crippen LogP contribution < -0.4 is 5.84 Å². The Morgan fingerprint density at radius 2 is 1.90 bits per heavy atom. The van der Waals surface area contributed by atoms with Gasteiger partial charge in [0.05, 0.1) is 12.2 Å². The molecule has 102 valence electrons. The van der Waals surface area contributed by atoms with Crippen molar-refractivity contribution in [2.45, 2.75) is 17.3 Å². The molecule has 2 heterocycles. The fourth-order valence-electron chi connectivity index (χ4n) is 1.65. The van der Waals surface area contributed by atoms with E-state index in [9.17, 15) is 0 Å². The minimum absolute atomic E-state index is 0.512. The van der Waals surface area contributed by atoms with Gasteiger partial charge in [-0.3, -0.25) is 0 Å². The number of nitrogens with zero attached hydrogens (tertiary/aromatic N) is 5. The second-order valence-corrected chi connectivity index (χ2v) is 5.00. The Bertz CT molecular complexity index is 680. The molecule has 0 aliphatic rings. The average molecular weight is 288 g/mol. The minimum Gasteiger partial charge on any atom is -0.424 e. The summed E-state index contributed by atoms with van der Waals surface area (Å²) in [6.45, 7) is 0. The zero-order valence-electron chi connectivity index (χ0n) is 10.5. The summed E-state index contributed by atoms with van der Waals surface area (Å²) in [6, 6.07) is 9.99. The van der Waals surface area contributed by atoms with Crippen LogP contribution in [0.4, 0.5) is 0 Å². The first-order valence-corrected chi connectivity index (χ1v) is 6.93. The molecule has 0 aliphatic carbocycles. The predicted molar refractivity (Wildman–Crippen MR) is 73.3 cm³/mol. The molecule has 0 saturated heterocycles. The molecule has 0 saturated carbocycles. The normalized spacial score (nSPS) is 10.8. The molecule has 0 bridgehead atoms. The van der Waals surface area contributed by atoms with Crippen LogP contribution in [-0.4, -0.2) is 25.1 Å². The summed E-state index contributed by atoms with van der Waals surface area (Å²) >= 11 is 1.39. The smallest absolute Gasteiger partial charge is 0.226 e. The summed E-state index contributed by atoms with van der Waals surface area (Å²) in [6.07, 6.45) is 2.07. The van der Waals surface area contributed by atoms with Crippen molar-refractivity contribution in [1.29, 1.82) is 0 Å². The lowest BCUT2D eigenvalue weighted by atomic mass is 10.2. The molecule has 0 atom stereocenters. The largest absolute Gasteiger partial charge is 0.424 e. The standard InChI is InChI=1S/C12H12N6OS/c13-18-8-14-17-12(18)20-7-11-16-15-10(19-11)6-9-4-2-1-3-5-9/h1-5,8H,6-7,13H2. The van der Waals surface area contributed by atoms with Crippen molar-refractivity contribution < 1.29 is 4.42 Å². The van der Waals surface area contributed by atoms with Gasteiger partial charge in [-0.15, -0.1) is 20.4 Å². The summed E-state index contributed by atoms with van der Waals surface area (Å²) < 4.78 is 6.94. The molecule has 3 aromatic rings. The highest BCUT2D eigenvalue weighted by Crippen LogP contribution is 2.19. The molecule has 0 amide bonds. The molecule has 3 rings (SSSR count). The number of aromatic nitrogens is 5. The van der Waals surface area contributed by atoms with Crippen LogP contribution in [0.1, 0.15) is 17.3 Å². The molecule has 2 N–H and O–H groups in total. The number of hydrogen-bond donors (Lipinski definition) is 1. The zero-order chi connectivity index (χ0) is 13.8. The Morgan fingerprint density at radius 1 is 1.10 bits per heavy atom. The van der Waals surface area contributed by atoms with Crippen molar-refractivity contribution in [1.82, 2.24) is 25.1 Å². The number of nitrogens with two attached hydrogens (primary N) is 1. The SMILES string of the molecule is Nn1cnnc1SCc1nnc(Cc2ccccc2)o1. The van der Waals surface area contributed by atoms with E-state index in [-0.39, 0.29) is 0 Å². The van der Waals surface area contributed by atoms with Gasteiger partial charge in [0.15, 0.2) is 0 Å². The molecule has 1 aromatic carbocycles. The van der Waals surface area contributed by atoms with E-state index < -0.39 is 0 Å². The molecule has 0 spiro atoms. The number of benzene rings is 1. The minimum atomic E-state index is 0.512. The summed E-state index contributed by atoms with van der Waals surface area (Å²) in [5.41, 5.74) is 1.14. The molecular formula is C12H12N6OS. The highest BCUT2D eigenvalue weighted by molar-refractivity contribution is 7.98. The van der Waals surface area contributed by atoms with Gasteiger partial charge in [0.1, 0.15) is 6.33 Å². The van der Waals surface area contributed by atoms with Crippen LogP contribution in [0, 0.1) is 0 Å². The fraction of sp³-hybridized carbons (Fsp3) is 0.167. The van der Waals surface area contributed by atoms with Gasteiger partial charge in [-0.2, -0.15) is 0 Å². The Balaban J connectivity index is 1.61. The Morgan fingerprint density at radius 3 is 2.65 bits per heavy atom. The lowest BCUT2D eigenvalue weighted by Gasteiger charge is -1.96. The molecular weight excluding hydrogens is 276 g/mol. The van der Waals surface area contributed by atoms with E-state index in [4.69, 9.17) is 10.3 Å². The van der Waals surface area contributed by atoms with Crippen LogP contribution in [0.15, 0.2) is 46.2 Å². The van der Waals surface area contributed by atoms with Gasteiger partial charge in [-0.25, -0.2) is 4.68 Å². The second kappa shape index (κ2) is 5.74. The quantitative estimate of drug-likeness (QED) is 0.557. The van der Waals surface area contributed by atoms with Crippen LogP contribution in [0.25, 0.3) is 0 Å². The number of thioether (sulfide) groups is 1. The van der Waals surface area contributed by atoms with Crippen molar-refractivity contribution in [2.75, 3.05) is 5.84 Å². The average Bonchev–Trinajstić information content (AvgIpc) is 3.07. The number of hydrogen-bond acceptors (Lipinski definition) is 7. The number of rotatable bonds is 5. The maximum absolute atomic E-state index is 5.62. The maximum atomic E-state index is 5.62. The first-order chi connectivity index (χ1) is 9.81. The monoisotopic (exact) mass is 288 g/mol. The van der Waals surface area contributed by atoms with Crippen LogP contribution in [0.3, 0.4) is 0 Å². The predicted octanol–water partition coefficient (Wildman–Crippen LogP) is 1.26. The molecule has 8 heteroatoms. The maximum Gasteiger partial charge on any atom is 0.226 e. The van der Waals surface area contributed by atoms with Crippen molar-refractivity contribution in [2.24, 2.45) is 0 Å². The van der Waals surface area contributed by atoms with Gasteiger partial charge in [-0.1, -0.05) is 42.1 Å². The third-order valence-corrected chi connectivity index (χ3v) is 3.51. The topological polar surface area (TPSA) is 95.7 Å². The van der Waals surface area contributed by atoms with E-state index in [1.807, 2.05) is 30.3 Å². The van der Waals surface area contributed by atoms with E-state index in [1.165, 1.54) is 22.8 Å². The van der Waals surface area contributed by atoms with Crippen molar-refractivity contribution in [3.8, 4) is 0 Å². The molecule has 0 radical (unpaired) electrons. The van der Waals surface area contributed by atoms with Gasteiger partial charge in [0.25, 0.3) is 0 Å². The van der Waals surface area contributed by atoms with Crippen molar-refractivity contribution in [3.05, 3.63) is 54.0 Å². The third-order valence-electron chi connectivity index (χ3n) is 2.57. The molecule has 0 fully saturated rings. The first kappa shape index (κ1) is 12.7. The van der Waals surface area contributed by atoms with Crippen molar-refractivity contribution in [3.63, 3.8) is 0 Å². The van der Waals surface area contributed by atoms with E-state index in [0.29, 0.717) is 29.1 Å². The summed E-state index contributed by atoms with van der Waals surface area (Å²) in [4.78, 5) is 0. The van der Waals surface area contributed by atoms with E-state index in [0.717, 1.165) is 5.56 Å².